The summed E-state index contributed by atoms with van der Waals surface area (Å²) in [6.07, 6.45) is 3.19. The summed E-state index contributed by atoms with van der Waals surface area (Å²) >= 11 is 0. The molecule has 1 atom stereocenters. The Morgan fingerprint density at radius 3 is 2.70 bits per heavy atom. The molecule has 0 amide bonds. The lowest BCUT2D eigenvalue weighted by Gasteiger charge is -2.25. The quantitative estimate of drug-likeness (QED) is 0.724. The van der Waals surface area contributed by atoms with Crippen molar-refractivity contribution in [1.29, 1.82) is 0 Å². The molecule has 0 fully saturated rings. The van der Waals surface area contributed by atoms with Crippen molar-refractivity contribution in [2.75, 3.05) is 0 Å². The fraction of sp³-hybridized carbons (Fsp3) is 0.316. The van der Waals surface area contributed by atoms with Gasteiger partial charge in [-0.05, 0) is 55.4 Å². The van der Waals surface area contributed by atoms with E-state index in [1.54, 1.807) is 0 Å². The van der Waals surface area contributed by atoms with Gasteiger partial charge in [0.2, 0.25) is 0 Å². The number of carbonyl (C=O) groups excluding carboxylic acids is 1. The summed E-state index contributed by atoms with van der Waals surface area (Å²) in [5.74, 6) is 0.332. The highest BCUT2D eigenvalue weighted by Gasteiger charge is 2.27. The first-order chi connectivity index (χ1) is 9.68. The van der Waals surface area contributed by atoms with E-state index in [4.69, 9.17) is 0 Å². The van der Waals surface area contributed by atoms with Crippen molar-refractivity contribution in [1.82, 2.24) is 0 Å². The molecule has 0 aromatic heterocycles. The van der Waals surface area contributed by atoms with Crippen LogP contribution in [0.15, 0.2) is 42.5 Å². The van der Waals surface area contributed by atoms with Gasteiger partial charge in [0.25, 0.3) is 0 Å². The Labute approximate surface area is 120 Å². The van der Waals surface area contributed by atoms with Crippen LogP contribution < -0.4 is 0 Å². The predicted octanol–water partition coefficient (Wildman–Crippen LogP) is 4.61. The zero-order valence-electron chi connectivity index (χ0n) is 12.1. The lowest BCUT2D eigenvalue weighted by atomic mass is 9.78. The molecule has 0 saturated heterocycles. The minimum Gasteiger partial charge on any atom is -0.293 e. The van der Waals surface area contributed by atoms with E-state index in [2.05, 4.69) is 38.1 Å². The Kier molecular flexibility index (Phi) is 3.43. The number of ketones is 1. The summed E-state index contributed by atoms with van der Waals surface area (Å²) in [5.41, 5.74) is 5.80. The van der Waals surface area contributed by atoms with Crippen LogP contribution in [0.3, 0.4) is 0 Å². The van der Waals surface area contributed by atoms with Gasteiger partial charge in [0.05, 0.1) is 0 Å². The van der Waals surface area contributed by atoms with E-state index >= 15 is 0 Å². The van der Waals surface area contributed by atoms with E-state index in [-0.39, 0.29) is 5.92 Å². The maximum Gasteiger partial charge on any atom is 0.170 e. The zero-order chi connectivity index (χ0) is 14.1. The van der Waals surface area contributed by atoms with Crippen molar-refractivity contribution in [3.05, 3.63) is 70.3 Å². The Hall–Kier alpha value is -1.89. The van der Waals surface area contributed by atoms with Gasteiger partial charge in [0.1, 0.15) is 0 Å². The maximum absolute atomic E-state index is 12.9. The molecule has 1 aliphatic rings. The van der Waals surface area contributed by atoms with Crippen molar-refractivity contribution in [2.45, 2.75) is 39.0 Å². The van der Waals surface area contributed by atoms with Crippen molar-refractivity contribution < 1.29 is 4.79 Å². The zero-order valence-corrected chi connectivity index (χ0v) is 12.1. The minimum atomic E-state index is 0.0421. The molecule has 1 aliphatic carbocycles. The van der Waals surface area contributed by atoms with Crippen LogP contribution in [-0.4, -0.2) is 5.78 Å². The molecule has 0 spiro atoms. The number of carbonyl (C=O) groups is 1. The molecule has 2 aromatic carbocycles. The molecule has 2 aromatic rings. The molecule has 0 heterocycles. The normalized spacial score (nSPS) is 17.6. The molecular weight excluding hydrogens is 244 g/mol. The van der Waals surface area contributed by atoms with Crippen LogP contribution >= 0.6 is 0 Å². The average Bonchev–Trinajstić information content (AvgIpc) is 2.49. The van der Waals surface area contributed by atoms with Gasteiger partial charge in [0.15, 0.2) is 5.78 Å². The number of benzene rings is 2. The summed E-state index contributed by atoms with van der Waals surface area (Å²) in [5, 5.41) is 0. The smallest absolute Gasteiger partial charge is 0.170 e. The molecule has 1 unspecified atom stereocenters. The third-order valence-electron chi connectivity index (χ3n) is 4.56. The Morgan fingerprint density at radius 2 is 1.85 bits per heavy atom. The third kappa shape index (κ3) is 2.18. The summed E-state index contributed by atoms with van der Waals surface area (Å²) < 4.78 is 0. The Balaban J connectivity index is 2.02. The van der Waals surface area contributed by atoms with Gasteiger partial charge in [-0.25, -0.2) is 0 Å². The van der Waals surface area contributed by atoms with Gasteiger partial charge < -0.3 is 0 Å². The predicted molar refractivity (Wildman–Crippen MR) is 82.4 cm³/mol. The largest absolute Gasteiger partial charge is 0.293 e. The number of hydrogen-bond acceptors (Lipinski definition) is 1. The van der Waals surface area contributed by atoms with Gasteiger partial charge >= 0.3 is 0 Å². The van der Waals surface area contributed by atoms with Crippen LogP contribution in [0.2, 0.25) is 0 Å². The van der Waals surface area contributed by atoms with Gasteiger partial charge in [-0.15, -0.1) is 0 Å². The molecule has 0 aliphatic heterocycles. The second-order valence-electron chi connectivity index (χ2n) is 5.76. The first kappa shape index (κ1) is 13.1. The third-order valence-corrected chi connectivity index (χ3v) is 4.56. The molecule has 1 nitrogen and oxygen atoms in total. The van der Waals surface area contributed by atoms with Gasteiger partial charge in [-0.1, -0.05) is 42.5 Å². The fourth-order valence-corrected chi connectivity index (χ4v) is 3.23. The van der Waals surface area contributed by atoms with E-state index in [1.165, 1.54) is 16.7 Å². The molecule has 3 rings (SSSR count). The lowest BCUT2D eigenvalue weighted by Crippen LogP contribution is -2.19. The number of fused-ring (bicyclic) bond motifs is 1. The van der Waals surface area contributed by atoms with E-state index in [0.29, 0.717) is 5.78 Å². The molecule has 20 heavy (non-hydrogen) atoms. The van der Waals surface area contributed by atoms with Crippen LogP contribution in [0.25, 0.3) is 0 Å². The van der Waals surface area contributed by atoms with Crippen molar-refractivity contribution in [2.24, 2.45) is 0 Å². The number of aryl methyl sites for hydroxylation is 2. The second-order valence-corrected chi connectivity index (χ2v) is 5.76. The molecule has 0 radical (unpaired) electrons. The second kappa shape index (κ2) is 5.24. The molecule has 0 saturated carbocycles. The van der Waals surface area contributed by atoms with Crippen molar-refractivity contribution in [3.8, 4) is 0 Å². The molecule has 102 valence electrons. The fourth-order valence-electron chi connectivity index (χ4n) is 3.23. The SMILES string of the molecule is Cc1cccc(C(=O)C2CCCc3ccccc32)c1C. The number of rotatable bonds is 2. The summed E-state index contributed by atoms with van der Waals surface area (Å²) in [7, 11) is 0. The summed E-state index contributed by atoms with van der Waals surface area (Å²) in [6, 6.07) is 14.4. The highest BCUT2D eigenvalue weighted by Crippen LogP contribution is 2.34. The lowest BCUT2D eigenvalue weighted by molar-refractivity contribution is 0.0950. The molecular formula is C19H20O. The Morgan fingerprint density at radius 1 is 1.05 bits per heavy atom. The molecule has 0 N–H and O–H groups in total. The van der Waals surface area contributed by atoms with Crippen LogP contribution in [0.5, 0.6) is 0 Å². The monoisotopic (exact) mass is 264 g/mol. The number of hydrogen-bond donors (Lipinski definition) is 0. The minimum absolute atomic E-state index is 0.0421. The number of Topliss-reactive ketones (excluding diaryl/α,β-unsaturated/α-hetero) is 1. The van der Waals surface area contributed by atoms with Crippen LogP contribution in [-0.2, 0) is 6.42 Å². The van der Waals surface area contributed by atoms with Crippen molar-refractivity contribution in [3.63, 3.8) is 0 Å². The van der Waals surface area contributed by atoms with Crippen LogP contribution in [0.1, 0.15) is 51.4 Å². The van der Waals surface area contributed by atoms with E-state index in [0.717, 1.165) is 30.4 Å². The van der Waals surface area contributed by atoms with Crippen LogP contribution in [0.4, 0.5) is 0 Å². The van der Waals surface area contributed by atoms with E-state index < -0.39 is 0 Å². The van der Waals surface area contributed by atoms with Gasteiger partial charge in [0, 0.05) is 11.5 Å². The van der Waals surface area contributed by atoms with Gasteiger partial charge in [-0.2, -0.15) is 0 Å². The first-order valence-electron chi connectivity index (χ1n) is 7.36. The topological polar surface area (TPSA) is 17.1 Å². The highest BCUT2D eigenvalue weighted by molar-refractivity contribution is 6.02. The standard InChI is InChI=1S/C19H20O/c1-13-7-5-11-16(14(13)2)19(20)18-12-6-9-15-8-3-4-10-17(15)18/h3-5,7-8,10-11,18H,6,9,12H2,1-2H3. The first-order valence-corrected chi connectivity index (χ1v) is 7.36. The average molecular weight is 264 g/mol. The molecule has 1 heteroatoms. The Bertz CT molecular complexity index is 655. The van der Waals surface area contributed by atoms with E-state index in [1.807, 2.05) is 18.2 Å². The summed E-state index contributed by atoms with van der Waals surface area (Å²) in [6.45, 7) is 4.12. The van der Waals surface area contributed by atoms with Gasteiger partial charge in [-0.3, -0.25) is 4.79 Å². The maximum atomic E-state index is 12.9. The van der Waals surface area contributed by atoms with Crippen LogP contribution in [0, 0.1) is 13.8 Å². The highest BCUT2D eigenvalue weighted by atomic mass is 16.1. The summed E-state index contributed by atoms with van der Waals surface area (Å²) in [4.78, 5) is 12.9. The van der Waals surface area contributed by atoms with Crippen molar-refractivity contribution >= 4 is 5.78 Å². The van der Waals surface area contributed by atoms with E-state index in [9.17, 15) is 4.79 Å². The molecule has 0 bridgehead atoms.